The van der Waals surface area contributed by atoms with E-state index in [-0.39, 0.29) is 12.5 Å². The Bertz CT molecular complexity index is 596. The lowest BCUT2D eigenvalue weighted by Gasteiger charge is -2.07. The number of carbonyl (C=O) groups excluding carboxylic acids is 1. The molecule has 1 aromatic carbocycles. The molecule has 1 aromatic heterocycles. The van der Waals surface area contributed by atoms with E-state index in [1.54, 1.807) is 29.8 Å². The lowest BCUT2D eigenvalue weighted by Crippen LogP contribution is -2.28. The topological polar surface area (TPSA) is 91.3 Å². The van der Waals surface area contributed by atoms with E-state index in [1.165, 1.54) is 11.3 Å². The fraction of sp³-hybridized carbons (Fsp3) is 0.214. The second-order valence-electron chi connectivity index (χ2n) is 4.38. The van der Waals surface area contributed by atoms with E-state index in [0.717, 1.165) is 11.3 Å². The van der Waals surface area contributed by atoms with Crippen LogP contribution in [-0.4, -0.2) is 22.1 Å². The van der Waals surface area contributed by atoms with E-state index in [1.807, 2.05) is 5.38 Å². The van der Waals surface area contributed by atoms with Gasteiger partial charge in [0.25, 0.3) is 0 Å². The zero-order valence-corrected chi connectivity index (χ0v) is 12.0. The lowest BCUT2D eigenvalue weighted by molar-refractivity contribution is -0.136. The summed E-state index contributed by atoms with van der Waals surface area (Å²) in [5, 5.41) is 15.9. The third-order valence-electron chi connectivity index (χ3n) is 2.75. The molecule has 2 amide bonds. The highest BCUT2D eigenvalue weighted by atomic mass is 32.1. The molecule has 0 fully saturated rings. The van der Waals surface area contributed by atoms with Crippen LogP contribution in [0.4, 0.5) is 10.5 Å². The number of nitrogens with one attached hydrogen (secondary N) is 2. The smallest absolute Gasteiger partial charge is 0.319 e. The number of aromatic nitrogens is 1. The maximum absolute atomic E-state index is 11.7. The van der Waals surface area contributed by atoms with Crippen LogP contribution in [0.1, 0.15) is 17.7 Å². The summed E-state index contributed by atoms with van der Waals surface area (Å²) < 4.78 is 0. The van der Waals surface area contributed by atoms with Gasteiger partial charge in [-0.3, -0.25) is 4.79 Å². The molecular weight excluding hydrogens is 290 g/mol. The van der Waals surface area contributed by atoms with Gasteiger partial charge in [0.1, 0.15) is 0 Å². The number of hydrogen-bond donors (Lipinski definition) is 3. The van der Waals surface area contributed by atoms with Gasteiger partial charge in [-0.1, -0.05) is 12.1 Å². The molecule has 0 atom stereocenters. The Balaban J connectivity index is 1.79. The fourth-order valence-electron chi connectivity index (χ4n) is 1.68. The molecule has 6 nitrogen and oxygen atoms in total. The van der Waals surface area contributed by atoms with Crippen LogP contribution < -0.4 is 10.6 Å². The lowest BCUT2D eigenvalue weighted by atomic mass is 10.1. The van der Waals surface area contributed by atoms with Gasteiger partial charge in [-0.25, -0.2) is 9.78 Å². The van der Waals surface area contributed by atoms with Crippen molar-refractivity contribution in [3.8, 4) is 0 Å². The number of carbonyl (C=O) groups is 2. The van der Waals surface area contributed by atoms with Crippen LogP contribution in [0.3, 0.4) is 0 Å². The number of carboxylic acids is 1. The van der Waals surface area contributed by atoms with E-state index in [2.05, 4.69) is 15.6 Å². The van der Waals surface area contributed by atoms with E-state index >= 15 is 0 Å². The normalized spacial score (nSPS) is 10.1. The van der Waals surface area contributed by atoms with Crippen LogP contribution in [0, 0.1) is 0 Å². The molecule has 0 bridgehead atoms. The molecule has 2 rings (SSSR count). The number of aryl methyl sites for hydroxylation is 1. The number of anilines is 1. The molecule has 2 aromatic rings. The van der Waals surface area contributed by atoms with Crippen molar-refractivity contribution in [2.75, 3.05) is 5.32 Å². The highest BCUT2D eigenvalue weighted by Gasteiger charge is 2.03. The van der Waals surface area contributed by atoms with Crippen molar-refractivity contribution >= 4 is 29.0 Å². The predicted molar refractivity (Wildman–Crippen MR) is 80.4 cm³/mol. The maximum atomic E-state index is 11.7. The molecule has 0 aliphatic rings. The molecule has 21 heavy (non-hydrogen) atoms. The fourth-order valence-corrected chi connectivity index (χ4v) is 2.24. The minimum atomic E-state index is -0.821. The number of carboxylic acid groups (broad SMARTS) is 1. The number of hydrogen-bond acceptors (Lipinski definition) is 4. The number of nitrogens with zero attached hydrogens (tertiary/aromatic N) is 1. The molecule has 0 spiro atoms. The molecule has 0 aliphatic carbocycles. The van der Waals surface area contributed by atoms with Crippen LogP contribution in [0.2, 0.25) is 0 Å². The molecule has 3 N–H and O–H groups in total. The number of urea groups is 1. The summed E-state index contributed by atoms with van der Waals surface area (Å²) in [6.45, 7) is 0.381. The van der Waals surface area contributed by atoms with Gasteiger partial charge in [0.2, 0.25) is 0 Å². The van der Waals surface area contributed by atoms with Gasteiger partial charge in [0.05, 0.1) is 17.7 Å². The van der Waals surface area contributed by atoms with Crippen molar-refractivity contribution < 1.29 is 14.7 Å². The van der Waals surface area contributed by atoms with Crippen molar-refractivity contribution in [1.29, 1.82) is 0 Å². The van der Waals surface area contributed by atoms with Gasteiger partial charge in [-0.15, -0.1) is 11.3 Å². The van der Waals surface area contributed by atoms with Crippen molar-refractivity contribution in [3.63, 3.8) is 0 Å². The van der Waals surface area contributed by atoms with Crippen molar-refractivity contribution in [1.82, 2.24) is 10.3 Å². The van der Waals surface area contributed by atoms with E-state index in [9.17, 15) is 9.59 Å². The Labute approximate surface area is 125 Å². The number of thiazole rings is 1. The summed E-state index contributed by atoms with van der Waals surface area (Å²) >= 11 is 1.48. The monoisotopic (exact) mass is 305 g/mol. The van der Waals surface area contributed by atoms with Crippen LogP contribution in [0.5, 0.6) is 0 Å². The number of amides is 2. The third-order valence-corrected chi connectivity index (χ3v) is 3.39. The van der Waals surface area contributed by atoms with Crippen LogP contribution >= 0.6 is 11.3 Å². The van der Waals surface area contributed by atoms with Gasteiger partial charge in [0.15, 0.2) is 0 Å². The first-order chi connectivity index (χ1) is 10.1. The van der Waals surface area contributed by atoms with Gasteiger partial charge in [0, 0.05) is 17.5 Å². The third kappa shape index (κ3) is 5.23. The van der Waals surface area contributed by atoms with Gasteiger partial charge >= 0.3 is 12.0 Å². The summed E-state index contributed by atoms with van der Waals surface area (Å²) in [6, 6.07) is 6.80. The molecule has 0 aliphatic heterocycles. The van der Waals surface area contributed by atoms with Crippen LogP contribution in [0.15, 0.2) is 35.2 Å². The number of benzene rings is 1. The summed E-state index contributed by atoms with van der Waals surface area (Å²) in [5.74, 6) is -0.821. The van der Waals surface area contributed by atoms with Gasteiger partial charge in [-0.2, -0.15) is 0 Å². The first-order valence-electron chi connectivity index (χ1n) is 6.36. The maximum Gasteiger partial charge on any atom is 0.319 e. The van der Waals surface area contributed by atoms with Crippen LogP contribution in [0.25, 0.3) is 0 Å². The Morgan fingerprint density at radius 1 is 1.24 bits per heavy atom. The zero-order valence-electron chi connectivity index (χ0n) is 11.2. The first kappa shape index (κ1) is 15.0. The Kier molecular flexibility index (Phi) is 5.28. The van der Waals surface area contributed by atoms with E-state index in [0.29, 0.717) is 18.7 Å². The molecular formula is C14H15N3O3S. The summed E-state index contributed by atoms with van der Waals surface area (Å²) in [4.78, 5) is 26.2. The average Bonchev–Trinajstić information content (AvgIpc) is 2.98. The Morgan fingerprint density at radius 3 is 2.62 bits per heavy atom. The van der Waals surface area contributed by atoms with E-state index < -0.39 is 5.97 Å². The summed E-state index contributed by atoms with van der Waals surface area (Å²) in [7, 11) is 0. The van der Waals surface area contributed by atoms with Crippen molar-refractivity contribution in [2.24, 2.45) is 0 Å². The van der Waals surface area contributed by atoms with E-state index in [4.69, 9.17) is 5.11 Å². The molecule has 0 saturated heterocycles. The molecule has 110 valence electrons. The highest BCUT2D eigenvalue weighted by molar-refractivity contribution is 7.07. The molecule has 0 saturated carbocycles. The van der Waals surface area contributed by atoms with Crippen LogP contribution in [-0.2, 0) is 17.8 Å². The first-order valence-corrected chi connectivity index (χ1v) is 7.30. The summed E-state index contributed by atoms with van der Waals surface area (Å²) in [6.07, 6.45) is 0.576. The molecule has 0 unspecified atom stereocenters. The number of aliphatic carboxylic acids is 1. The minimum Gasteiger partial charge on any atom is -0.481 e. The Morgan fingerprint density at radius 2 is 2.00 bits per heavy atom. The van der Waals surface area contributed by atoms with Crippen molar-refractivity contribution in [2.45, 2.75) is 19.4 Å². The number of rotatable bonds is 6. The van der Waals surface area contributed by atoms with Gasteiger partial charge < -0.3 is 15.7 Å². The predicted octanol–water partition coefficient (Wildman–Crippen LogP) is 2.48. The molecule has 7 heteroatoms. The quantitative estimate of drug-likeness (QED) is 0.764. The summed E-state index contributed by atoms with van der Waals surface area (Å²) in [5.41, 5.74) is 4.11. The highest BCUT2D eigenvalue weighted by Crippen LogP contribution is 2.11. The zero-order chi connectivity index (χ0) is 15.1. The second-order valence-corrected chi connectivity index (χ2v) is 5.10. The minimum absolute atomic E-state index is 0.0981. The second kappa shape index (κ2) is 7.39. The van der Waals surface area contributed by atoms with Gasteiger partial charge in [-0.05, 0) is 24.1 Å². The largest absolute Gasteiger partial charge is 0.481 e. The standard InChI is InChI=1S/C14H15N3O3S/c18-13(19)6-3-10-1-4-11(5-2-10)17-14(20)15-7-12-8-21-9-16-12/h1-2,4-5,8-9H,3,6-7H2,(H,18,19)(H2,15,17,20). The Hall–Kier alpha value is -2.41. The average molecular weight is 305 g/mol. The van der Waals surface area contributed by atoms with Crippen molar-refractivity contribution in [3.05, 3.63) is 46.4 Å². The molecule has 1 heterocycles. The SMILES string of the molecule is O=C(O)CCc1ccc(NC(=O)NCc2cscn2)cc1. The molecule has 0 radical (unpaired) electrons.